The Labute approximate surface area is 194 Å². The fourth-order valence-electron chi connectivity index (χ4n) is 5.48. The van der Waals surface area contributed by atoms with Crippen molar-refractivity contribution in [3.63, 3.8) is 0 Å². The second-order valence-electron chi connectivity index (χ2n) is 9.37. The van der Waals surface area contributed by atoms with Crippen LogP contribution in [-0.2, 0) is 4.79 Å². The first kappa shape index (κ1) is 22.0. The van der Waals surface area contributed by atoms with E-state index in [2.05, 4.69) is 26.7 Å². The quantitative estimate of drug-likeness (QED) is 0.638. The van der Waals surface area contributed by atoms with E-state index in [9.17, 15) is 9.90 Å². The number of fused-ring (bicyclic) bond motifs is 1. The van der Waals surface area contributed by atoms with E-state index in [0.717, 1.165) is 62.8 Å². The molecule has 2 aliphatic heterocycles. The maximum Gasteiger partial charge on any atom is 0.230 e. The zero-order valence-electron chi connectivity index (χ0n) is 19.3. The molecule has 33 heavy (non-hydrogen) atoms. The summed E-state index contributed by atoms with van der Waals surface area (Å²) >= 11 is 0. The number of aromatic nitrogens is 3. The Bertz CT molecular complexity index is 1060. The van der Waals surface area contributed by atoms with Crippen LogP contribution in [-0.4, -0.2) is 51.2 Å². The van der Waals surface area contributed by atoms with Crippen LogP contribution >= 0.6 is 0 Å². The summed E-state index contributed by atoms with van der Waals surface area (Å²) in [6, 6.07) is 4.26. The van der Waals surface area contributed by atoms with Gasteiger partial charge in [0.15, 0.2) is 12.0 Å². The minimum Gasteiger partial charge on any atom is -0.369 e. The molecule has 2 aromatic heterocycles. The summed E-state index contributed by atoms with van der Waals surface area (Å²) in [6.07, 6.45) is 9.17. The Hall–Kier alpha value is -2.84. The van der Waals surface area contributed by atoms with Crippen molar-refractivity contribution in [2.24, 2.45) is 0 Å². The third kappa shape index (κ3) is 4.25. The minimum atomic E-state index is -0.983. The summed E-state index contributed by atoms with van der Waals surface area (Å²) in [7, 11) is 0. The second-order valence-corrected chi connectivity index (χ2v) is 9.37. The highest BCUT2D eigenvalue weighted by atomic mass is 16.3. The van der Waals surface area contributed by atoms with Crippen molar-refractivity contribution in [3.05, 3.63) is 41.2 Å². The smallest absolute Gasteiger partial charge is 0.230 e. The summed E-state index contributed by atoms with van der Waals surface area (Å²) < 4.78 is 0. The Kier molecular flexibility index (Phi) is 6.12. The van der Waals surface area contributed by atoms with E-state index >= 15 is 0 Å². The van der Waals surface area contributed by atoms with Crippen LogP contribution in [0.3, 0.4) is 0 Å². The van der Waals surface area contributed by atoms with Gasteiger partial charge in [0, 0.05) is 29.6 Å². The lowest BCUT2D eigenvalue weighted by Gasteiger charge is -2.40. The molecule has 8 nitrogen and oxygen atoms in total. The molecule has 0 spiro atoms. The highest BCUT2D eigenvalue weighted by molar-refractivity contribution is 6.04. The number of allylic oxidation sites excluding steroid dienone is 1. The van der Waals surface area contributed by atoms with Crippen LogP contribution in [0, 0.1) is 0 Å². The predicted octanol–water partition coefficient (Wildman–Crippen LogP) is 3.53. The maximum absolute atomic E-state index is 12.3. The highest BCUT2D eigenvalue weighted by Gasteiger charge is 2.38. The first-order valence-corrected chi connectivity index (χ1v) is 12.0. The summed E-state index contributed by atoms with van der Waals surface area (Å²) in [5.74, 6) is 2.24. The van der Waals surface area contributed by atoms with E-state index in [1.165, 1.54) is 12.5 Å². The molecule has 1 atom stereocenters. The molecule has 2 fully saturated rings. The number of pyridine rings is 1. The molecule has 1 aliphatic carbocycles. The van der Waals surface area contributed by atoms with Crippen molar-refractivity contribution in [3.8, 4) is 0 Å². The standard InChI is InChI=1S/C25H32N6O2/c1-15-20-14-28-25(29-21-8-7-18(13-27-21)17-9-11-26-12-10-17)30-23(20)31(19-5-3-4-6-19)24(33)22(15)16(2)32/h7-8,13-14,17,19,24,26,33H,3-6,9-12H2,1-2H3,(H,27,28,29,30). The van der Waals surface area contributed by atoms with Gasteiger partial charge >= 0.3 is 0 Å². The number of nitrogens with one attached hydrogen (secondary N) is 2. The van der Waals surface area contributed by atoms with Gasteiger partial charge in [-0.1, -0.05) is 18.9 Å². The number of carbonyl (C=O) groups excluding carboxylic acids is 1. The number of aliphatic hydroxyl groups excluding tert-OH is 1. The fraction of sp³-hybridized carbons (Fsp3) is 0.520. The lowest BCUT2D eigenvalue weighted by molar-refractivity contribution is -0.114. The number of nitrogens with zero attached hydrogens (tertiary/aromatic N) is 4. The van der Waals surface area contributed by atoms with Crippen LogP contribution in [0.4, 0.5) is 17.6 Å². The second kappa shape index (κ2) is 9.19. The zero-order chi connectivity index (χ0) is 22.9. The fourth-order valence-corrected chi connectivity index (χ4v) is 5.48. The Balaban J connectivity index is 1.43. The molecular weight excluding hydrogens is 416 g/mol. The van der Waals surface area contributed by atoms with Crippen molar-refractivity contribution < 1.29 is 9.90 Å². The molecule has 2 aromatic rings. The summed E-state index contributed by atoms with van der Waals surface area (Å²) in [5.41, 5.74) is 3.25. The Morgan fingerprint density at radius 1 is 1.12 bits per heavy atom. The molecule has 1 saturated carbocycles. The molecule has 8 heteroatoms. The number of anilines is 3. The average molecular weight is 449 g/mol. The molecule has 1 saturated heterocycles. The average Bonchev–Trinajstić information content (AvgIpc) is 3.34. The van der Waals surface area contributed by atoms with Crippen LogP contribution < -0.4 is 15.5 Å². The van der Waals surface area contributed by atoms with Crippen LogP contribution in [0.2, 0.25) is 0 Å². The highest BCUT2D eigenvalue weighted by Crippen LogP contribution is 2.40. The largest absolute Gasteiger partial charge is 0.369 e. The monoisotopic (exact) mass is 448 g/mol. The van der Waals surface area contributed by atoms with Gasteiger partial charge in [0.25, 0.3) is 0 Å². The SMILES string of the molecule is CC(=O)C1=C(C)c2cnc(Nc3ccc(C4CCNCC4)cn3)nc2N(C2CCCC2)C1O. The first-order chi connectivity index (χ1) is 16.0. The van der Waals surface area contributed by atoms with E-state index in [1.54, 1.807) is 6.20 Å². The topological polar surface area (TPSA) is 103 Å². The van der Waals surface area contributed by atoms with Crippen molar-refractivity contribution >= 4 is 28.9 Å². The number of hydrogen-bond donors (Lipinski definition) is 3. The van der Waals surface area contributed by atoms with Crippen LogP contribution in [0.15, 0.2) is 30.1 Å². The number of hydrogen-bond acceptors (Lipinski definition) is 8. The van der Waals surface area contributed by atoms with E-state index in [-0.39, 0.29) is 11.8 Å². The molecule has 0 amide bonds. The van der Waals surface area contributed by atoms with Gasteiger partial charge in [0.05, 0.1) is 0 Å². The van der Waals surface area contributed by atoms with E-state index < -0.39 is 6.23 Å². The number of carbonyl (C=O) groups is 1. The third-order valence-electron chi connectivity index (χ3n) is 7.28. The van der Waals surface area contributed by atoms with Gasteiger partial charge < -0.3 is 20.6 Å². The lowest BCUT2D eigenvalue weighted by atomic mass is 9.91. The minimum absolute atomic E-state index is 0.117. The predicted molar refractivity (Wildman–Crippen MR) is 128 cm³/mol. The summed E-state index contributed by atoms with van der Waals surface area (Å²) in [6.45, 7) is 5.48. The Morgan fingerprint density at radius 3 is 2.55 bits per heavy atom. The van der Waals surface area contributed by atoms with Gasteiger partial charge in [-0.15, -0.1) is 0 Å². The molecule has 0 aromatic carbocycles. The van der Waals surface area contributed by atoms with Crippen molar-refractivity contribution in [1.82, 2.24) is 20.3 Å². The molecule has 5 rings (SSSR count). The molecular formula is C25H32N6O2. The number of aliphatic hydroxyl groups is 1. The molecule has 3 aliphatic rings. The number of rotatable bonds is 5. The van der Waals surface area contributed by atoms with Crippen LogP contribution in [0.1, 0.15) is 69.4 Å². The van der Waals surface area contributed by atoms with Gasteiger partial charge in [0.2, 0.25) is 5.95 Å². The van der Waals surface area contributed by atoms with Crippen molar-refractivity contribution in [2.75, 3.05) is 23.3 Å². The van der Waals surface area contributed by atoms with Crippen LogP contribution in [0.25, 0.3) is 5.57 Å². The molecule has 3 N–H and O–H groups in total. The molecule has 0 bridgehead atoms. The third-order valence-corrected chi connectivity index (χ3v) is 7.28. The normalized spacial score (nSPS) is 21.9. The molecule has 174 valence electrons. The molecule has 0 radical (unpaired) electrons. The van der Waals surface area contributed by atoms with Gasteiger partial charge in [-0.25, -0.2) is 9.97 Å². The Morgan fingerprint density at radius 2 is 1.88 bits per heavy atom. The van der Waals surface area contributed by atoms with Crippen molar-refractivity contribution in [2.45, 2.75) is 70.6 Å². The summed E-state index contributed by atoms with van der Waals surface area (Å²) in [4.78, 5) is 28.1. The van der Waals surface area contributed by atoms with Crippen LogP contribution in [0.5, 0.6) is 0 Å². The van der Waals surface area contributed by atoms with Gasteiger partial charge in [-0.3, -0.25) is 4.79 Å². The van der Waals surface area contributed by atoms with E-state index in [0.29, 0.717) is 29.1 Å². The van der Waals surface area contributed by atoms with Gasteiger partial charge in [0.1, 0.15) is 11.6 Å². The lowest BCUT2D eigenvalue weighted by Crippen LogP contribution is -2.47. The number of ketones is 1. The molecule has 4 heterocycles. The maximum atomic E-state index is 12.3. The van der Waals surface area contributed by atoms with Gasteiger partial charge in [-0.2, -0.15) is 4.98 Å². The van der Waals surface area contributed by atoms with Crippen molar-refractivity contribution in [1.29, 1.82) is 0 Å². The molecule has 1 unspecified atom stereocenters. The van der Waals surface area contributed by atoms with E-state index in [1.807, 2.05) is 24.1 Å². The van der Waals surface area contributed by atoms with Gasteiger partial charge in [-0.05, 0) is 75.7 Å². The zero-order valence-corrected chi connectivity index (χ0v) is 19.3. The number of piperidine rings is 1. The first-order valence-electron chi connectivity index (χ1n) is 12.0. The summed E-state index contributed by atoms with van der Waals surface area (Å²) in [5, 5.41) is 17.8. The van der Waals surface area contributed by atoms with E-state index in [4.69, 9.17) is 4.98 Å². The number of Topliss-reactive ketones (excluding diaryl/α,β-unsaturated/α-hetero) is 1.